The van der Waals surface area contributed by atoms with Crippen LogP contribution in [0, 0.1) is 5.92 Å². The van der Waals surface area contributed by atoms with Crippen molar-refractivity contribution in [2.45, 2.75) is 38.1 Å². The van der Waals surface area contributed by atoms with Gasteiger partial charge in [-0.05, 0) is 53.6 Å². The molecule has 0 bridgehead atoms. The number of carboxylic acids is 1. The number of amides is 1. The van der Waals surface area contributed by atoms with Crippen molar-refractivity contribution in [1.29, 1.82) is 0 Å². The predicted molar refractivity (Wildman–Crippen MR) is 132 cm³/mol. The highest BCUT2D eigenvalue weighted by Gasteiger charge is 2.36. The number of thioether (sulfide) groups is 1. The molecule has 34 heavy (non-hydrogen) atoms. The van der Waals surface area contributed by atoms with Crippen LogP contribution in [-0.4, -0.2) is 46.0 Å². The number of carbonyl (C=O) groups excluding carboxylic acids is 2. The number of para-hydroxylation sites is 1. The summed E-state index contributed by atoms with van der Waals surface area (Å²) >= 11 is 1.10. The molecule has 1 aliphatic rings. The zero-order valence-electron chi connectivity index (χ0n) is 19.2. The molecule has 2 aromatic carbocycles. The lowest BCUT2D eigenvalue weighted by Crippen LogP contribution is -2.46. The van der Waals surface area contributed by atoms with Gasteiger partial charge in [0.2, 0.25) is 5.91 Å². The third-order valence-corrected chi connectivity index (χ3v) is 7.41. The summed E-state index contributed by atoms with van der Waals surface area (Å²) in [5.74, 6) is -0.967. The molecule has 0 saturated carbocycles. The molecule has 0 saturated heterocycles. The lowest BCUT2D eigenvalue weighted by Gasteiger charge is -2.25. The van der Waals surface area contributed by atoms with Crippen molar-refractivity contribution in [2.75, 3.05) is 12.9 Å². The van der Waals surface area contributed by atoms with Crippen molar-refractivity contribution in [3.8, 4) is 5.75 Å². The number of nitrogens with one attached hydrogen (secondary N) is 2. The van der Waals surface area contributed by atoms with Gasteiger partial charge in [0, 0.05) is 36.2 Å². The number of hydrogen-bond donors (Lipinski definition) is 3. The van der Waals surface area contributed by atoms with E-state index in [1.165, 1.54) is 6.92 Å². The summed E-state index contributed by atoms with van der Waals surface area (Å²) in [5, 5.41) is 13.5. The molecule has 8 heteroatoms. The highest BCUT2D eigenvalue weighted by molar-refractivity contribution is 8.13. The molecule has 4 rings (SSSR count). The number of ether oxygens (including phenoxy) is 1. The van der Waals surface area contributed by atoms with E-state index in [9.17, 15) is 19.5 Å². The van der Waals surface area contributed by atoms with Crippen molar-refractivity contribution in [2.24, 2.45) is 5.92 Å². The average Bonchev–Trinajstić information content (AvgIpc) is 3.42. The molecule has 0 aliphatic heterocycles. The Morgan fingerprint density at radius 3 is 2.76 bits per heavy atom. The van der Waals surface area contributed by atoms with E-state index >= 15 is 0 Å². The summed E-state index contributed by atoms with van der Waals surface area (Å²) in [7, 11) is 1.62. The SMILES string of the molecule is COc1ccc2c(c1)CCC2C(CSC(C)=O)C(=O)NC(Cc1c[nH]c2ccccc12)C(=O)O. The second-order valence-corrected chi connectivity index (χ2v) is 9.78. The molecule has 3 N–H and O–H groups in total. The third-order valence-electron chi connectivity index (χ3n) is 6.48. The van der Waals surface area contributed by atoms with Crippen LogP contribution in [0.2, 0.25) is 0 Å². The first kappa shape index (κ1) is 23.9. The summed E-state index contributed by atoms with van der Waals surface area (Å²) in [6, 6.07) is 12.4. The first-order valence-corrected chi connectivity index (χ1v) is 12.2. The Labute approximate surface area is 202 Å². The molecule has 0 radical (unpaired) electrons. The first-order valence-electron chi connectivity index (χ1n) is 11.3. The highest BCUT2D eigenvalue weighted by atomic mass is 32.2. The minimum atomic E-state index is -1.09. The maximum Gasteiger partial charge on any atom is 0.326 e. The molecule has 1 amide bonds. The van der Waals surface area contributed by atoms with Gasteiger partial charge in [-0.25, -0.2) is 4.79 Å². The number of H-pyrrole nitrogens is 1. The van der Waals surface area contributed by atoms with Crippen molar-refractivity contribution in [1.82, 2.24) is 10.3 Å². The van der Waals surface area contributed by atoms with E-state index in [0.29, 0.717) is 5.75 Å². The number of carbonyl (C=O) groups is 3. The van der Waals surface area contributed by atoms with E-state index in [1.807, 2.05) is 42.5 Å². The Bertz CT molecular complexity index is 1220. The zero-order valence-corrected chi connectivity index (χ0v) is 20.0. The molecule has 3 unspecified atom stereocenters. The molecule has 178 valence electrons. The van der Waals surface area contributed by atoms with E-state index < -0.39 is 17.9 Å². The van der Waals surface area contributed by atoms with Crippen LogP contribution < -0.4 is 10.1 Å². The quantitative estimate of drug-likeness (QED) is 0.429. The number of aryl methyl sites for hydroxylation is 1. The van der Waals surface area contributed by atoms with Crippen LogP contribution in [-0.2, 0) is 27.2 Å². The minimum Gasteiger partial charge on any atom is -0.497 e. The topological polar surface area (TPSA) is 108 Å². The summed E-state index contributed by atoms with van der Waals surface area (Å²) in [5.41, 5.74) is 3.94. The van der Waals surface area contributed by atoms with Gasteiger partial charge in [-0.3, -0.25) is 9.59 Å². The highest BCUT2D eigenvalue weighted by Crippen LogP contribution is 2.41. The van der Waals surface area contributed by atoms with E-state index in [-0.39, 0.29) is 23.4 Å². The van der Waals surface area contributed by atoms with Crippen molar-refractivity contribution < 1.29 is 24.2 Å². The van der Waals surface area contributed by atoms with E-state index in [0.717, 1.165) is 57.9 Å². The van der Waals surface area contributed by atoms with Gasteiger partial charge >= 0.3 is 5.97 Å². The van der Waals surface area contributed by atoms with Crippen LogP contribution in [0.5, 0.6) is 5.75 Å². The molecule has 3 aromatic rings. The Morgan fingerprint density at radius 2 is 2.03 bits per heavy atom. The Kier molecular flexibility index (Phi) is 7.26. The average molecular weight is 481 g/mol. The number of hydrogen-bond acceptors (Lipinski definition) is 5. The second kappa shape index (κ2) is 10.3. The standard InChI is InChI=1S/C26H28N2O5S/c1-15(29)34-14-22(21-9-7-16-11-18(33-2)8-10-19(16)21)25(30)28-24(26(31)32)12-17-13-27-23-6-4-3-5-20(17)23/h3-6,8,10-11,13,21-22,24,27H,7,9,12,14H2,1-2H3,(H,28,30)(H,31,32). The Morgan fingerprint density at radius 1 is 1.24 bits per heavy atom. The largest absolute Gasteiger partial charge is 0.497 e. The fraction of sp³-hybridized carbons (Fsp3) is 0.346. The maximum absolute atomic E-state index is 13.5. The maximum atomic E-state index is 13.5. The van der Waals surface area contributed by atoms with Gasteiger partial charge < -0.3 is 20.1 Å². The number of fused-ring (bicyclic) bond motifs is 2. The number of carboxylic acid groups (broad SMARTS) is 1. The van der Waals surface area contributed by atoms with Gasteiger partial charge in [0.15, 0.2) is 5.12 Å². The van der Waals surface area contributed by atoms with Gasteiger partial charge in [0.25, 0.3) is 0 Å². The molecule has 0 spiro atoms. The minimum absolute atomic E-state index is 0.0701. The molecular weight excluding hydrogens is 452 g/mol. The van der Waals surface area contributed by atoms with Crippen LogP contribution in [0.25, 0.3) is 10.9 Å². The first-order chi connectivity index (χ1) is 16.4. The monoisotopic (exact) mass is 480 g/mol. The number of aromatic amines is 1. The van der Waals surface area contributed by atoms with Crippen molar-refractivity contribution >= 4 is 39.7 Å². The summed E-state index contributed by atoms with van der Waals surface area (Å²) in [6.07, 6.45) is 3.52. The lowest BCUT2D eigenvalue weighted by atomic mass is 9.87. The molecule has 1 heterocycles. The summed E-state index contributed by atoms with van der Waals surface area (Å²) in [6.45, 7) is 1.48. The van der Waals surface area contributed by atoms with Gasteiger partial charge in [0.05, 0.1) is 13.0 Å². The van der Waals surface area contributed by atoms with E-state index in [4.69, 9.17) is 4.74 Å². The fourth-order valence-electron chi connectivity index (χ4n) is 4.75. The zero-order chi connectivity index (χ0) is 24.2. The normalized spacial score (nSPS) is 16.6. The summed E-state index contributed by atoms with van der Waals surface area (Å²) < 4.78 is 5.33. The molecule has 3 atom stereocenters. The van der Waals surface area contributed by atoms with Crippen LogP contribution in [0.4, 0.5) is 0 Å². The van der Waals surface area contributed by atoms with Crippen LogP contribution in [0.15, 0.2) is 48.7 Å². The number of methoxy groups -OCH3 is 1. The van der Waals surface area contributed by atoms with Crippen molar-refractivity contribution in [3.63, 3.8) is 0 Å². The van der Waals surface area contributed by atoms with Crippen LogP contribution in [0.3, 0.4) is 0 Å². The number of aliphatic carboxylic acids is 1. The number of benzene rings is 2. The molecule has 0 fully saturated rings. The van der Waals surface area contributed by atoms with Crippen LogP contribution >= 0.6 is 11.8 Å². The molecular formula is C26H28N2O5S. The molecule has 7 nitrogen and oxygen atoms in total. The van der Waals surface area contributed by atoms with Crippen molar-refractivity contribution in [3.05, 3.63) is 65.4 Å². The Balaban J connectivity index is 1.56. The summed E-state index contributed by atoms with van der Waals surface area (Å²) in [4.78, 5) is 40.4. The Hall–Kier alpha value is -3.26. The van der Waals surface area contributed by atoms with Gasteiger partial charge in [-0.2, -0.15) is 0 Å². The fourth-order valence-corrected chi connectivity index (χ4v) is 5.55. The van der Waals surface area contributed by atoms with Gasteiger partial charge in [-0.1, -0.05) is 36.0 Å². The van der Waals surface area contributed by atoms with Gasteiger partial charge in [-0.15, -0.1) is 0 Å². The lowest BCUT2D eigenvalue weighted by molar-refractivity contribution is -0.142. The molecule has 1 aromatic heterocycles. The number of rotatable bonds is 9. The van der Waals surface area contributed by atoms with E-state index in [1.54, 1.807) is 13.3 Å². The van der Waals surface area contributed by atoms with E-state index in [2.05, 4.69) is 10.3 Å². The smallest absolute Gasteiger partial charge is 0.326 e. The van der Waals surface area contributed by atoms with Gasteiger partial charge in [0.1, 0.15) is 11.8 Å². The second-order valence-electron chi connectivity index (χ2n) is 8.58. The van der Waals surface area contributed by atoms with Crippen LogP contribution in [0.1, 0.15) is 36.0 Å². The predicted octanol–water partition coefficient (Wildman–Crippen LogP) is 3.91. The third kappa shape index (κ3) is 5.12. The number of aromatic nitrogens is 1. The molecule has 1 aliphatic carbocycles.